The van der Waals surface area contributed by atoms with Crippen molar-refractivity contribution in [2.24, 2.45) is 5.92 Å². The van der Waals surface area contributed by atoms with Crippen molar-refractivity contribution in [1.29, 1.82) is 0 Å². The Morgan fingerprint density at radius 2 is 1.82 bits per heavy atom. The van der Waals surface area contributed by atoms with Gasteiger partial charge in [0, 0.05) is 57.0 Å². The van der Waals surface area contributed by atoms with Gasteiger partial charge in [-0.25, -0.2) is 4.79 Å². The van der Waals surface area contributed by atoms with Crippen LogP contribution in [0, 0.1) is 12.8 Å². The molecule has 2 amide bonds. The lowest BCUT2D eigenvalue weighted by molar-refractivity contribution is 0.194. The minimum absolute atomic E-state index is 0.0382. The molecule has 28 heavy (non-hydrogen) atoms. The average Bonchev–Trinajstić information content (AvgIpc) is 2.70. The van der Waals surface area contributed by atoms with Gasteiger partial charge >= 0.3 is 6.03 Å². The summed E-state index contributed by atoms with van der Waals surface area (Å²) in [7, 11) is 3.60. The number of piperazine rings is 1. The van der Waals surface area contributed by atoms with E-state index < -0.39 is 0 Å². The highest BCUT2D eigenvalue weighted by atomic mass is 35.5. The molecule has 1 aromatic carbocycles. The van der Waals surface area contributed by atoms with E-state index in [1.165, 1.54) is 37.1 Å². The van der Waals surface area contributed by atoms with Crippen LogP contribution in [-0.2, 0) is 0 Å². The number of nitrogens with one attached hydrogen (secondary N) is 1. The molecule has 2 fully saturated rings. The number of anilines is 1. The predicted molar refractivity (Wildman–Crippen MR) is 117 cm³/mol. The second-order valence-electron chi connectivity index (χ2n) is 8.56. The molecule has 1 saturated carbocycles. The Morgan fingerprint density at radius 1 is 1.14 bits per heavy atom. The molecule has 1 saturated heterocycles. The first kappa shape index (κ1) is 21.3. The highest BCUT2D eigenvalue weighted by Crippen LogP contribution is 2.29. The van der Waals surface area contributed by atoms with Gasteiger partial charge in [0.2, 0.25) is 0 Å². The summed E-state index contributed by atoms with van der Waals surface area (Å²) in [5.41, 5.74) is 2.47. The minimum atomic E-state index is 0.0382. The van der Waals surface area contributed by atoms with Crippen molar-refractivity contribution >= 4 is 23.3 Å². The largest absolute Gasteiger partial charge is 0.369 e. The summed E-state index contributed by atoms with van der Waals surface area (Å²) >= 11 is 6.29. The first-order valence-electron chi connectivity index (χ1n) is 10.6. The van der Waals surface area contributed by atoms with E-state index in [0.29, 0.717) is 6.04 Å². The molecule has 3 rings (SSSR count). The number of hydrogen-bond acceptors (Lipinski definition) is 3. The topological polar surface area (TPSA) is 38.8 Å². The van der Waals surface area contributed by atoms with E-state index in [4.69, 9.17) is 11.6 Å². The number of carbonyl (C=O) groups excluding carboxylic acids is 1. The van der Waals surface area contributed by atoms with Crippen LogP contribution in [0.15, 0.2) is 18.2 Å². The van der Waals surface area contributed by atoms with Crippen LogP contribution in [0.25, 0.3) is 0 Å². The number of carbonyl (C=O) groups is 1. The molecule has 1 heterocycles. The maximum Gasteiger partial charge on any atom is 0.317 e. The third kappa shape index (κ3) is 5.54. The molecule has 6 heteroatoms. The van der Waals surface area contributed by atoms with E-state index >= 15 is 0 Å². The van der Waals surface area contributed by atoms with Gasteiger partial charge in [0.15, 0.2) is 0 Å². The SMILES string of the molecule is Cc1c(Cl)cccc1N1CCN(CCC2CCC(NC(=O)N(C)C)CC2)CC1. The fourth-order valence-corrected chi connectivity index (χ4v) is 4.58. The minimum Gasteiger partial charge on any atom is -0.369 e. The van der Waals surface area contributed by atoms with Crippen molar-refractivity contribution in [2.45, 2.75) is 45.1 Å². The number of benzene rings is 1. The second kappa shape index (κ2) is 9.84. The van der Waals surface area contributed by atoms with Gasteiger partial charge in [-0.05, 0) is 69.2 Å². The van der Waals surface area contributed by atoms with Gasteiger partial charge in [0.1, 0.15) is 0 Å². The summed E-state index contributed by atoms with van der Waals surface area (Å²) in [5, 5.41) is 3.99. The lowest BCUT2D eigenvalue weighted by Gasteiger charge is -2.38. The van der Waals surface area contributed by atoms with Crippen molar-refractivity contribution < 1.29 is 4.79 Å². The van der Waals surface area contributed by atoms with E-state index in [2.05, 4.69) is 28.1 Å². The zero-order chi connectivity index (χ0) is 20.1. The number of nitrogens with zero attached hydrogens (tertiary/aromatic N) is 3. The second-order valence-corrected chi connectivity index (χ2v) is 8.97. The van der Waals surface area contributed by atoms with Gasteiger partial charge in [0.05, 0.1) is 0 Å². The lowest BCUT2D eigenvalue weighted by atomic mass is 9.84. The molecule has 0 radical (unpaired) electrons. The van der Waals surface area contributed by atoms with E-state index in [-0.39, 0.29) is 6.03 Å². The van der Waals surface area contributed by atoms with Crippen LogP contribution in [0.1, 0.15) is 37.7 Å². The van der Waals surface area contributed by atoms with Gasteiger partial charge in [0.25, 0.3) is 0 Å². The zero-order valence-corrected chi connectivity index (χ0v) is 18.3. The Labute approximate surface area is 175 Å². The van der Waals surface area contributed by atoms with Crippen LogP contribution in [-0.4, -0.2) is 68.7 Å². The molecule has 5 nitrogen and oxygen atoms in total. The number of urea groups is 1. The Hall–Kier alpha value is -1.46. The van der Waals surface area contributed by atoms with Crippen LogP contribution >= 0.6 is 11.6 Å². The summed E-state index contributed by atoms with van der Waals surface area (Å²) in [6, 6.07) is 6.60. The summed E-state index contributed by atoms with van der Waals surface area (Å²) in [6.45, 7) is 7.71. The van der Waals surface area contributed by atoms with Crippen LogP contribution in [0.4, 0.5) is 10.5 Å². The monoisotopic (exact) mass is 406 g/mol. The highest BCUT2D eigenvalue weighted by molar-refractivity contribution is 6.31. The zero-order valence-electron chi connectivity index (χ0n) is 17.6. The maximum atomic E-state index is 11.8. The normalized spacial score (nSPS) is 23.5. The molecule has 156 valence electrons. The first-order chi connectivity index (χ1) is 13.4. The van der Waals surface area contributed by atoms with Gasteiger partial charge in [-0.3, -0.25) is 4.90 Å². The molecule has 0 bridgehead atoms. The number of amides is 2. The summed E-state index contributed by atoms with van der Waals surface area (Å²) < 4.78 is 0. The summed E-state index contributed by atoms with van der Waals surface area (Å²) in [6.07, 6.45) is 5.99. The summed E-state index contributed by atoms with van der Waals surface area (Å²) in [5.74, 6) is 0.806. The molecular formula is C22H35ClN4O. The number of halogens is 1. The Bertz CT molecular complexity index is 650. The van der Waals surface area contributed by atoms with E-state index in [1.54, 1.807) is 19.0 Å². The smallest absolute Gasteiger partial charge is 0.317 e. The van der Waals surface area contributed by atoms with E-state index in [9.17, 15) is 4.79 Å². The van der Waals surface area contributed by atoms with E-state index in [1.807, 2.05) is 12.1 Å². The molecule has 0 atom stereocenters. The lowest BCUT2D eigenvalue weighted by Crippen LogP contribution is -2.47. The van der Waals surface area contributed by atoms with Crippen LogP contribution in [0.3, 0.4) is 0 Å². The van der Waals surface area contributed by atoms with Crippen LogP contribution in [0.5, 0.6) is 0 Å². The fraction of sp³-hybridized carbons (Fsp3) is 0.682. The highest BCUT2D eigenvalue weighted by Gasteiger charge is 2.24. The fourth-order valence-electron chi connectivity index (χ4n) is 4.42. The van der Waals surface area contributed by atoms with Crippen LogP contribution in [0.2, 0.25) is 5.02 Å². The molecule has 1 aromatic rings. The van der Waals surface area contributed by atoms with E-state index in [0.717, 1.165) is 50.0 Å². The third-order valence-corrected chi connectivity index (χ3v) is 6.80. The Kier molecular flexibility index (Phi) is 7.47. The van der Waals surface area contributed by atoms with Crippen molar-refractivity contribution in [3.63, 3.8) is 0 Å². The standard InChI is InChI=1S/C22H35ClN4O/c1-17-20(23)5-4-6-21(17)27-15-13-26(14-16-27)12-11-18-7-9-19(10-8-18)24-22(28)25(2)3/h4-6,18-19H,7-16H2,1-3H3,(H,24,28). The van der Waals surface area contributed by atoms with Gasteiger partial charge in [-0.1, -0.05) is 17.7 Å². The average molecular weight is 407 g/mol. The molecular weight excluding hydrogens is 372 g/mol. The van der Waals surface area contributed by atoms with Crippen molar-refractivity contribution in [2.75, 3.05) is 51.7 Å². The Balaban J connectivity index is 1.36. The number of hydrogen-bond donors (Lipinski definition) is 1. The number of rotatable bonds is 5. The van der Waals surface area contributed by atoms with Crippen molar-refractivity contribution in [1.82, 2.24) is 15.1 Å². The molecule has 2 aliphatic rings. The molecule has 0 spiro atoms. The molecule has 0 unspecified atom stereocenters. The molecule has 0 aromatic heterocycles. The van der Waals surface area contributed by atoms with Crippen molar-refractivity contribution in [3.8, 4) is 0 Å². The van der Waals surface area contributed by atoms with Gasteiger partial charge < -0.3 is 15.1 Å². The van der Waals surface area contributed by atoms with Gasteiger partial charge in [-0.2, -0.15) is 0 Å². The molecule has 1 aliphatic heterocycles. The molecule has 1 N–H and O–H groups in total. The Morgan fingerprint density at radius 3 is 2.46 bits per heavy atom. The van der Waals surface area contributed by atoms with Crippen LogP contribution < -0.4 is 10.2 Å². The van der Waals surface area contributed by atoms with Crippen molar-refractivity contribution in [3.05, 3.63) is 28.8 Å². The maximum absolute atomic E-state index is 11.8. The first-order valence-corrected chi connectivity index (χ1v) is 11.0. The molecule has 1 aliphatic carbocycles. The third-order valence-electron chi connectivity index (χ3n) is 6.39. The quantitative estimate of drug-likeness (QED) is 0.803. The summed E-state index contributed by atoms with van der Waals surface area (Å²) in [4.78, 5) is 18.5. The predicted octanol–water partition coefficient (Wildman–Crippen LogP) is 3.99. The van der Waals surface area contributed by atoms with Gasteiger partial charge in [-0.15, -0.1) is 0 Å².